The molecule has 3 aliphatic rings. The molecule has 2 aromatic carbocycles. The molecule has 2 heterocycles. The van der Waals surface area contributed by atoms with E-state index in [1.807, 2.05) is 12.1 Å². The molecule has 5 rings (SSSR count). The minimum Gasteiger partial charge on any atom is -0.497 e. The second-order valence-corrected chi connectivity index (χ2v) is 10.4. The number of piperidine rings is 1. The molecule has 1 aliphatic carbocycles. The van der Waals surface area contributed by atoms with Crippen LogP contribution in [0, 0.1) is 0 Å². The average Bonchev–Trinajstić information content (AvgIpc) is 3.45. The summed E-state index contributed by atoms with van der Waals surface area (Å²) in [5.41, 5.74) is 3.56. The number of ether oxygens (including phenoxy) is 5. The zero-order valence-corrected chi connectivity index (χ0v) is 22.3. The van der Waals surface area contributed by atoms with Crippen LogP contribution in [-0.2, 0) is 20.8 Å². The third kappa shape index (κ3) is 6.58. The Kier molecular flexibility index (Phi) is 9.21. The minimum absolute atomic E-state index is 0.0126. The summed E-state index contributed by atoms with van der Waals surface area (Å²) < 4.78 is 29.9. The van der Waals surface area contributed by atoms with E-state index in [0.717, 1.165) is 81.4 Å². The van der Waals surface area contributed by atoms with Crippen LogP contribution in [0.2, 0.25) is 0 Å². The van der Waals surface area contributed by atoms with Crippen LogP contribution >= 0.6 is 0 Å². The van der Waals surface area contributed by atoms with Crippen molar-refractivity contribution in [2.24, 2.45) is 0 Å². The number of nitrogens with zero attached hydrogens (tertiary/aromatic N) is 1. The number of hydrogen-bond acceptors (Lipinski definition) is 7. The number of anilines is 1. The van der Waals surface area contributed by atoms with Gasteiger partial charge in [0, 0.05) is 39.3 Å². The first-order valence-electron chi connectivity index (χ1n) is 13.9. The van der Waals surface area contributed by atoms with Crippen molar-refractivity contribution in [2.45, 2.75) is 62.9 Å². The highest BCUT2D eigenvalue weighted by molar-refractivity contribution is 5.61. The third-order valence-electron chi connectivity index (χ3n) is 7.89. The molecule has 202 valence electrons. The van der Waals surface area contributed by atoms with E-state index in [4.69, 9.17) is 23.7 Å². The van der Waals surface area contributed by atoms with E-state index in [2.05, 4.69) is 40.5 Å². The number of nitrogens with one attached hydrogen (secondary N) is 1. The Morgan fingerprint density at radius 2 is 1.81 bits per heavy atom. The molecule has 0 bridgehead atoms. The number of benzene rings is 2. The molecule has 7 heteroatoms. The van der Waals surface area contributed by atoms with Crippen LogP contribution in [0.5, 0.6) is 11.5 Å². The highest BCUT2D eigenvalue weighted by atomic mass is 16.5. The van der Waals surface area contributed by atoms with Crippen molar-refractivity contribution in [2.75, 3.05) is 58.5 Å². The molecule has 2 aliphatic heterocycles. The summed E-state index contributed by atoms with van der Waals surface area (Å²) in [5.74, 6) is 1.99. The van der Waals surface area contributed by atoms with Crippen molar-refractivity contribution >= 4 is 5.69 Å². The molecule has 3 atom stereocenters. The Morgan fingerprint density at radius 1 is 1.00 bits per heavy atom. The maximum Gasteiger partial charge on any atom is 0.142 e. The van der Waals surface area contributed by atoms with Crippen LogP contribution in [0.3, 0.4) is 0 Å². The summed E-state index contributed by atoms with van der Waals surface area (Å²) in [6, 6.07) is 14.9. The van der Waals surface area contributed by atoms with Gasteiger partial charge in [-0.05, 0) is 54.7 Å². The van der Waals surface area contributed by atoms with E-state index >= 15 is 0 Å². The topological polar surface area (TPSA) is 61.4 Å². The van der Waals surface area contributed by atoms with Gasteiger partial charge in [0.1, 0.15) is 18.1 Å². The van der Waals surface area contributed by atoms with Crippen molar-refractivity contribution in [1.29, 1.82) is 0 Å². The quantitative estimate of drug-likeness (QED) is 0.446. The van der Waals surface area contributed by atoms with Gasteiger partial charge >= 0.3 is 0 Å². The van der Waals surface area contributed by atoms with Gasteiger partial charge in [0.05, 0.1) is 44.3 Å². The fourth-order valence-corrected chi connectivity index (χ4v) is 5.93. The summed E-state index contributed by atoms with van der Waals surface area (Å²) in [6.45, 7) is 5.54. The second kappa shape index (κ2) is 13.0. The van der Waals surface area contributed by atoms with Gasteiger partial charge in [-0.25, -0.2) is 0 Å². The molecule has 0 radical (unpaired) electrons. The summed E-state index contributed by atoms with van der Waals surface area (Å²) in [5, 5.41) is 3.59. The normalized spacial score (nSPS) is 24.1. The van der Waals surface area contributed by atoms with Gasteiger partial charge in [-0.3, -0.25) is 0 Å². The molecule has 7 nitrogen and oxygen atoms in total. The summed E-state index contributed by atoms with van der Waals surface area (Å²) in [6.07, 6.45) is 6.31. The van der Waals surface area contributed by atoms with Crippen LogP contribution in [0.15, 0.2) is 42.5 Å². The maximum absolute atomic E-state index is 6.69. The van der Waals surface area contributed by atoms with Crippen molar-refractivity contribution in [1.82, 2.24) is 5.32 Å². The molecule has 37 heavy (non-hydrogen) atoms. The molecule has 0 spiro atoms. The van der Waals surface area contributed by atoms with Gasteiger partial charge in [0.25, 0.3) is 0 Å². The molecule has 3 unspecified atom stereocenters. The van der Waals surface area contributed by atoms with Crippen LogP contribution in [0.1, 0.15) is 49.1 Å². The third-order valence-corrected chi connectivity index (χ3v) is 7.89. The lowest BCUT2D eigenvalue weighted by Gasteiger charge is -2.40. The number of rotatable bonds is 11. The Labute approximate surface area is 221 Å². The molecular formula is C30H42N2O5. The Balaban J connectivity index is 1.30. The lowest BCUT2D eigenvalue weighted by atomic mass is 9.85. The van der Waals surface area contributed by atoms with Gasteiger partial charge in [0.2, 0.25) is 0 Å². The smallest absolute Gasteiger partial charge is 0.142 e. The largest absolute Gasteiger partial charge is 0.497 e. The first-order chi connectivity index (χ1) is 18.2. The van der Waals surface area contributed by atoms with Crippen LogP contribution in [-0.4, -0.2) is 71.9 Å². The van der Waals surface area contributed by atoms with Crippen molar-refractivity contribution < 1.29 is 23.7 Å². The highest BCUT2D eigenvalue weighted by Crippen LogP contribution is 2.36. The molecule has 1 N–H and O–H groups in total. The Bertz CT molecular complexity index is 978. The predicted molar refractivity (Wildman–Crippen MR) is 145 cm³/mol. The van der Waals surface area contributed by atoms with Gasteiger partial charge in [-0.2, -0.15) is 0 Å². The molecule has 1 saturated heterocycles. The molecule has 0 aromatic heterocycles. The number of fused-ring (bicyclic) bond motifs is 1. The van der Waals surface area contributed by atoms with E-state index in [0.29, 0.717) is 12.7 Å². The zero-order valence-electron chi connectivity index (χ0n) is 22.3. The van der Waals surface area contributed by atoms with Crippen molar-refractivity contribution in [3.05, 3.63) is 53.6 Å². The van der Waals surface area contributed by atoms with Gasteiger partial charge < -0.3 is 33.9 Å². The first-order valence-corrected chi connectivity index (χ1v) is 13.9. The van der Waals surface area contributed by atoms with E-state index in [1.165, 1.54) is 18.4 Å². The molecule has 1 saturated carbocycles. The van der Waals surface area contributed by atoms with Crippen LogP contribution in [0.4, 0.5) is 5.69 Å². The average molecular weight is 511 g/mol. The fourth-order valence-electron chi connectivity index (χ4n) is 5.93. The number of methoxy groups -OCH3 is 2. The second-order valence-electron chi connectivity index (χ2n) is 10.4. The van der Waals surface area contributed by atoms with Gasteiger partial charge in [0.15, 0.2) is 0 Å². The standard InChI is InChI=1S/C30H42N2O5/c1-33-16-5-14-32-15-17-35-27-13-8-22(18-26(27)32)21-36-28-19-31-20-29(37-25-6-3-4-7-25)30(28)23-9-11-24(34-2)12-10-23/h8-13,18,25,28-31H,3-7,14-17,19-21H2,1-2H3. The van der Waals surface area contributed by atoms with Crippen molar-refractivity contribution in [3.63, 3.8) is 0 Å². The van der Waals surface area contributed by atoms with E-state index in [-0.39, 0.29) is 18.1 Å². The molecule has 2 aromatic rings. The molecular weight excluding hydrogens is 468 g/mol. The predicted octanol–water partition coefficient (Wildman–Crippen LogP) is 4.53. The summed E-state index contributed by atoms with van der Waals surface area (Å²) in [7, 11) is 3.46. The zero-order chi connectivity index (χ0) is 25.5. The first kappa shape index (κ1) is 26.3. The maximum atomic E-state index is 6.69. The molecule has 0 amide bonds. The lowest BCUT2D eigenvalue weighted by molar-refractivity contribution is -0.0838. The van der Waals surface area contributed by atoms with E-state index in [9.17, 15) is 0 Å². The molecule has 2 fully saturated rings. The Hall–Kier alpha value is -2.32. The van der Waals surface area contributed by atoms with E-state index < -0.39 is 0 Å². The van der Waals surface area contributed by atoms with Crippen molar-refractivity contribution in [3.8, 4) is 11.5 Å². The van der Waals surface area contributed by atoms with E-state index in [1.54, 1.807) is 14.2 Å². The monoisotopic (exact) mass is 510 g/mol. The SMILES string of the molecule is COCCCN1CCOc2ccc(COC3CNCC(OC4CCCC4)C3c3ccc(OC)cc3)cc21. The Morgan fingerprint density at radius 3 is 2.59 bits per heavy atom. The summed E-state index contributed by atoms with van der Waals surface area (Å²) in [4.78, 5) is 2.40. The van der Waals surface area contributed by atoms with Gasteiger partial charge in [-0.1, -0.05) is 31.0 Å². The lowest BCUT2D eigenvalue weighted by Crippen LogP contribution is -2.51. The van der Waals surface area contributed by atoms with Crippen LogP contribution < -0.4 is 19.7 Å². The fraction of sp³-hybridized carbons (Fsp3) is 0.600. The highest BCUT2D eigenvalue weighted by Gasteiger charge is 2.38. The summed E-state index contributed by atoms with van der Waals surface area (Å²) >= 11 is 0. The van der Waals surface area contributed by atoms with Gasteiger partial charge in [-0.15, -0.1) is 0 Å². The van der Waals surface area contributed by atoms with Crippen LogP contribution in [0.25, 0.3) is 0 Å². The minimum atomic E-state index is 0.0126. The number of hydrogen-bond donors (Lipinski definition) is 1.